The van der Waals surface area contributed by atoms with Crippen LogP contribution in [0.15, 0.2) is 164 Å². The molecule has 5 heterocycles. The Bertz CT molecular complexity index is 5340. The van der Waals surface area contributed by atoms with Crippen molar-refractivity contribution in [3.8, 4) is 17.1 Å². The Labute approximate surface area is 692 Å². The minimum Gasteiger partial charge on any atom is -0.477 e. The Morgan fingerprint density at radius 3 is 1.31 bits per heavy atom. The Morgan fingerprint density at radius 1 is 0.517 bits per heavy atom. The number of carbonyl (C=O) groups excluding carboxylic acids is 6. The van der Waals surface area contributed by atoms with Crippen LogP contribution in [0.3, 0.4) is 0 Å². The van der Waals surface area contributed by atoms with Gasteiger partial charge in [-0.3, -0.25) is 29.1 Å². The van der Waals surface area contributed by atoms with E-state index < -0.39 is 91.4 Å². The van der Waals surface area contributed by atoms with Crippen LogP contribution >= 0.6 is 12.4 Å². The second kappa shape index (κ2) is 38.0. The molecule has 10 aromatic rings. The zero-order chi connectivity index (χ0) is 85.1. The van der Waals surface area contributed by atoms with Gasteiger partial charge in [-0.25, -0.2) is 46.1 Å². The molecule has 5 aromatic heterocycles. The molecular weight excluding hydrogens is 1550 g/mol. The molecule has 14 N–H and O–H groups in total. The second-order valence-corrected chi connectivity index (χ2v) is 34.2. The second-order valence-electron chi connectivity index (χ2n) is 32.2. The van der Waals surface area contributed by atoms with Crippen LogP contribution in [0.1, 0.15) is 222 Å². The van der Waals surface area contributed by atoms with Crippen molar-refractivity contribution in [2.24, 2.45) is 34.8 Å². The molecule has 624 valence electrons. The highest BCUT2D eigenvalue weighted by Gasteiger charge is 2.42. The molecule has 2 unspecified atom stereocenters. The van der Waals surface area contributed by atoms with E-state index in [1.54, 1.807) is 147 Å². The molecule has 0 spiro atoms. The van der Waals surface area contributed by atoms with Gasteiger partial charge < -0.3 is 58.8 Å². The van der Waals surface area contributed by atoms with Crippen LogP contribution in [-0.2, 0) is 51.2 Å². The highest BCUT2D eigenvalue weighted by molar-refractivity contribution is 7.84. The van der Waals surface area contributed by atoms with Gasteiger partial charge in [0.2, 0.25) is 0 Å². The number of nitrogens with one attached hydrogen (secondary N) is 5. The molecule has 2 aliphatic carbocycles. The number of aryl methyl sites for hydroxylation is 3. The number of nitrogens with two attached hydrogens (primary N) is 4. The number of aromatic nitrogens is 8. The Morgan fingerprint density at radius 2 is 0.907 bits per heavy atom. The molecule has 0 bridgehead atoms. The molecule has 3 atom stereocenters. The van der Waals surface area contributed by atoms with E-state index in [4.69, 9.17) is 32.4 Å². The minimum absolute atomic E-state index is 0. The molecular formula is C86H102ClF2N17O11S. The maximum atomic E-state index is 15.7. The fourth-order valence-corrected chi connectivity index (χ4v) is 13.7. The third-order valence-electron chi connectivity index (χ3n) is 19.1. The summed E-state index contributed by atoms with van der Waals surface area (Å²) in [4.78, 5) is 94.5. The van der Waals surface area contributed by atoms with Crippen molar-refractivity contribution in [1.29, 1.82) is 0 Å². The summed E-state index contributed by atoms with van der Waals surface area (Å²) in [6, 6.07) is 41.8. The number of halogens is 3. The molecule has 0 aliphatic heterocycles. The number of anilines is 2. The van der Waals surface area contributed by atoms with E-state index in [0.29, 0.717) is 87.6 Å². The SMILES string of the molecule is Cc1cc(C(=O)Nc2cc(C(CCC3CC3)(N[S@](=O)C(C)(C)C)c3ccc(C(N)=O)nc3)ccc2F)n(-c2cccc(CNC(=O)OC(C)(C)C)c2)n1.Cc1cc(C(=O)Nc2cc(C(N)(CCC3CC3)c3ccc(C(N)=O)nc3)ccc2F)n(-c2cccc(CN)c2)n1.Cc1cc(C(=O)O)n(-c2cccc(CNC(=O)OC(C)(C)C)c2)n1.Cl. The third kappa shape index (κ3) is 23.9. The zero-order valence-electron chi connectivity index (χ0n) is 68.0. The smallest absolute Gasteiger partial charge is 0.407 e. The number of carbonyl (C=O) groups is 7. The average Bonchev–Trinajstić information content (AvgIpc) is 1.16. The summed E-state index contributed by atoms with van der Waals surface area (Å²) in [7, 11) is -1.59. The molecule has 2 aliphatic rings. The zero-order valence-corrected chi connectivity index (χ0v) is 69.6. The number of alkyl carbamates (subject to hydrolysis) is 2. The maximum Gasteiger partial charge on any atom is 0.407 e. The summed E-state index contributed by atoms with van der Waals surface area (Å²) in [6.07, 6.45) is 9.21. The third-order valence-corrected chi connectivity index (χ3v) is 20.8. The number of aromatic carboxylic acids is 1. The van der Waals surface area contributed by atoms with Crippen molar-refractivity contribution in [1.82, 2.24) is 54.7 Å². The van der Waals surface area contributed by atoms with Crippen molar-refractivity contribution < 1.29 is 61.1 Å². The predicted octanol–water partition coefficient (Wildman–Crippen LogP) is 13.8. The first-order valence-corrected chi connectivity index (χ1v) is 39.4. The van der Waals surface area contributed by atoms with Crippen LogP contribution in [0, 0.1) is 44.2 Å². The standard InChI is InChI=1S/C39H48FN7O5S.C30H32FN7O2.C17H21N3O4.ClH/c1-24-19-33(47(45-24)29-10-8-9-26(20-29)22-43-36(50)52-37(2,3)4)35(49)44-32-21-27(13-15-30(32)40)39(18-17-25-11-12-25,46-53(51)38(5,6)7)28-14-16-31(34(41)48)42-23-28;1-18-13-27(38(37-18)23-4-2-3-20(14-23)16-32)29(40)36-26-15-21(7-9-24(26)31)30(34,12-11-19-5-6-19)22-8-10-25(28(33)39)35-17-22;1-11-8-14(15(21)22)20(19-11)13-7-5-6-12(9-13)10-18-16(23)24-17(2,3)4;/h8-10,13-16,19-21,23,25,46H,11-12,17-18,22H2,1-7H3,(H2,41,48)(H,43,50)(H,44,49);2-4,7-10,13-15,17,19H,5-6,11-12,16,32,34H2,1H3,(H2,33,39)(H,36,40);5-9H,10H2,1-4H3,(H,18,23)(H,21,22);1H/t39?,53-;;;/m1.../s1. The minimum atomic E-state index is -1.59. The lowest BCUT2D eigenvalue weighted by atomic mass is 9.80. The highest BCUT2D eigenvalue weighted by Crippen LogP contribution is 2.44. The quantitative estimate of drug-likeness (QED) is 0.0229. The molecule has 0 saturated heterocycles. The van der Waals surface area contributed by atoms with E-state index >= 15 is 8.78 Å². The number of hydrogen-bond donors (Lipinski definition) is 10. The normalized spacial score (nSPS) is 13.9. The van der Waals surface area contributed by atoms with E-state index in [1.807, 2.05) is 57.2 Å². The summed E-state index contributed by atoms with van der Waals surface area (Å²) in [6.45, 7) is 22.3. The molecule has 6 amide bonds. The number of benzene rings is 5. The van der Waals surface area contributed by atoms with Gasteiger partial charge in [0.05, 0.1) is 72.3 Å². The molecule has 0 radical (unpaired) electrons. The largest absolute Gasteiger partial charge is 0.477 e. The van der Waals surface area contributed by atoms with Crippen LogP contribution in [0.25, 0.3) is 17.1 Å². The Balaban J connectivity index is 0.000000215. The summed E-state index contributed by atoms with van der Waals surface area (Å²) < 4.78 is 62.1. The van der Waals surface area contributed by atoms with Gasteiger partial charge in [0.15, 0.2) is 5.69 Å². The molecule has 28 nitrogen and oxygen atoms in total. The summed E-state index contributed by atoms with van der Waals surface area (Å²) >= 11 is 0. The van der Waals surface area contributed by atoms with Gasteiger partial charge in [-0.15, -0.1) is 12.4 Å². The number of amides is 6. The highest BCUT2D eigenvalue weighted by atomic mass is 35.5. The lowest BCUT2D eigenvalue weighted by molar-refractivity contribution is 0.0512. The van der Waals surface area contributed by atoms with Crippen LogP contribution in [0.5, 0.6) is 0 Å². The molecule has 12 rings (SSSR count). The van der Waals surface area contributed by atoms with Crippen LogP contribution in [-0.4, -0.2) is 106 Å². The van der Waals surface area contributed by atoms with E-state index in [-0.39, 0.29) is 65.3 Å². The molecule has 5 aromatic carbocycles. The Kier molecular flexibility index (Phi) is 29.0. The first kappa shape index (κ1) is 90.0. The Hall–Kier alpha value is -11.9. The topological polar surface area (TPSA) is 419 Å². The molecule has 2 saturated carbocycles. The van der Waals surface area contributed by atoms with Crippen LogP contribution < -0.4 is 48.9 Å². The number of primary amides is 2. The first-order valence-electron chi connectivity index (χ1n) is 38.3. The van der Waals surface area contributed by atoms with Crippen molar-refractivity contribution >= 4 is 76.6 Å². The number of carboxylic acid groups (broad SMARTS) is 1. The first-order chi connectivity index (χ1) is 55.2. The van der Waals surface area contributed by atoms with Crippen molar-refractivity contribution in [3.63, 3.8) is 0 Å². The van der Waals surface area contributed by atoms with E-state index in [9.17, 15) is 42.9 Å². The van der Waals surface area contributed by atoms with Crippen molar-refractivity contribution in [3.05, 3.63) is 260 Å². The molecule has 2 fully saturated rings. The van der Waals surface area contributed by atoms with Crippen LogP contribution in [0.4, 0.5) is 29.7 Å². The van der Waals surface area contributed by atoms with Gasteiger partial charge in [0.25, 0.3) is 23.6 Å². The van der Waals surface area contributed by atoms with Gasteiger partial charge in [0, 0.05) is 32.0 Å². The van der Waals surface area contributed by atoms with Crippen molar-refractivity contribution in [2.45, 2.75) is 181 Å². The number of pyridine rings is 2. The lowest BCUT2D eigenvalue weighted by Crippen LogP contribution is -2.49. The van der Waals surface area contributed by atoms with Gasteiger partial charge in [-0.05, 0) is 251 Å². The fourth-order valence-electron chi connectivity index (χ4n) is 12.8. The van der Waals surface area contributed by atoms with E-state index in [1.165, 1.54) is 56.8 Å². The summed E-state index contributed by atoms with van der Waals surface area (Å²) in [5, 5.41) is 33.3. The number of hydrogen-bond acceptors (Lipinski definition) is 17. The van der Waals surface area contributed by atoms with Gasteiger partial charge in [-0.1, -0.05) is 86.3 Å². The number of ether oxygens (including phenoxy) is 2. The number of nitrogens with zero attached hydrogens (tertiary/aromatic N) is 8. The van der Waals surface area contributed by atoms with E-state index in [0.717, 1.165) is 55.2 Å². The maximum absolute atomic E-state index is 15.7. The summed E-state index contributed by atoms with van der Waals surface area (Å²) in [5.41, 5.74) is 29.4. The number of rotatable bonds is 27. The predicted molar refractivity (Wildman–Crippen MR) is 448 cm³/mol. The molecule has 32 heteroatoms. The fraction of sp³-hybridized carbons (Fsp3) is 0.349. The van der Waals surface area contributed by atoms with Crippen molar-refractivity contribution in [2.75, 3.05) is 10.6 Å². The average molecular weight is 1660 g/mol. The monoisotopic (exact) mass is 1650 g/mol. The summed E-state index contributed by atoms with van der Waals surface area (Å²) in [5.74, 6) is -3.68. The van der Waals surface area contributed by atoms with Gasteiger partial charge in [-0.2, -0.15) is 15.3 Å². The van der Waals surface area contributed by atoms with Gasteiger partial charge in [0.1, 0.15) is 45.6 Å². The van der Waals surface area contributed by atoms with Crippen LogP contribution in [0.2, 0.25) is 0 Å². The van der Waals surface area contributed by atoms with E-state index in [2.05, 4.69) is 51.3 Å². The lowest BCUT2D eigenvalue weighted by Gasteiger charge is -2.38. The molecule has 118 heavy (non-hydrogen) atoms. The van der Waals surface area contributed by atoms with Gasteiger partial charge >= 0.3 is 18.2 Å². The number of carboxylic acids is 1.